The van der Waals surface area contributed by atoms with Crippen molar-refractivity contribution in [3.8, 4) is 0 Å². The van der Waals surface area contributed by atoms with E-state index in [-0.39, 0.29) is 24.2 Å². The van der Waals surface area contributed by atoms with Crippen LogP contribution in [0.25, 0.3) is 0 Å². The molecule has 0 N–H and O–H groups in total. The smallest absolute Gasteiger partial charge is 0.225 e. The van der Waals surface area contributed by atoms with Crippen molar-refractivity contribution in [1.29, 1.82) is 0 Å². The molecule has 1 amide bonds. The number of benzene rings is 1. The molecule has 0 radical (unpaired) electrons. The van der Waals surface area contributed by atoms with Gasteiger partial charge < -0.3 is 19.4 Å². The Kier molecular flexibility index (Phi) is 22.9. The van der Waals surface area contributed by atoms with Crippen LogP contribution in [0.2, 0.25) is 0 Å². The molecule has 0 aliphatic carbocycles. The van der Waals surface area contributed by atoms with Gasteiger partial charge in [-0.25, -0.2) is 4.39 Å². The molecule has 3 rings (SSSR count). The number of nitrogens with zero attached hydrogens (tertiary/aromatic N) is 3. The second-order valence-electron chi connectivity index (χ2n) is 10.0. The van der Waals surface area contributed by atoms with Gasteiger partial charge in [0.1, 0.15) is 5.83 Å². The second kappa shape index (κ2) is 24.6. The Hall–Kier alpha value is -2.96. The summed E-state index contributed by atoms with van der Waals surface area (Å²) in [5, 5.41) is 0. The van der Waals surface area contributed by atoms with Gasteiger partial charge in [-0.3, -0.25) is 4.79 Å². The van der Waals surface area contributed by atoms with Gasteiger partial charge in [-0.2, -0.15) is 0 Å². The van der Waals surface area contributed by atoms with Crippen LogP contribution in [0.4, 0.5) is 4.39 Å². The second-order valence-corrected chi connectivity index (χ2v) is 10.0. The summed E-state index contributed by atoms with van der Waals surface area (Å²) >= 11 is 0. The van der Waals surface area contributed by atoms with Gasteiger partial charge in [-0.1, -0.05) is 69.8 Å². The first kappa shape index (κ1) is 39.0. The molecule has 1 aromatic rings. The molecule has 2 aliphatic heterocycles. The first-order chi connectivity index (χ1) is 20.3. The number of ether oxygens (including phenoxy) is 1. The lowest BCUT2D eigenvalue weighted by Crippen LogP contribution is -2.42. The van der Waals surface area contributed by atoms with Crippen molar-refractivity contribution in [3.63, 3.8) is 0 Å². The van der Waals surface area contributed by atoms with Gasteiger partial charge in [0, 0.05) is 39.1 Å². The fourth-order valence-electron chi connectivity index (χ4n) is 4.61. The van der Waals surface area contributed by atoms with Crippen molar-refractivity contribution < 1.29 is 13.9 Å². The Labute approximate surface area is 257 Å². The van der Waals surface area contributed by atoms with Gasteiger partial charge in [0.25, 0.3) is 0 Å². The van der Waals surface area contributed by atoms with Crippen molar-refractivity contribution in [2.45, 2.75) is 60.3 Å². The number of aryl methyl sites for hydroxylation is 1. The molecule has 5 nitrogen and oxygen atoms in total. The van der Waals surface area contributed by atoms with E-state index in [0.29, 0.717) is 32.0 Å². The number of allylic oxidation sites excluding steroid dienone is 5. The highest BCUT2D eigenvalue weighted by atomic mass is 19.1. The number of carbonyl (C=O) groups is 1. The number of rotatable bonds is 10. The number of halogens is 1. The van der Waals surface area contributed by atoms with Crippen LogP contribution in [0.15, 0.2) is 85.9 Å². The first-order valence-electron chi connectivity index (χ1n) is 15.6. The van der Waals surface area contributed by atoms with E-state index in [1.54, 1.807) is 36.3 Å². The first-order valence-corrected chi connectivity index (χ1v) is 15.6. The van der Waals surface area contributed by atoms with Crippen molar-refractivity contribution in [2.75, 3.05) is 59.5 Å². The van der Waals surface area contributed by atoms with E-state index in [0.717, 1.165) is 45.3 Å². The summed E-state index contributed by atoms with van der Waals surface area (Å²) in [7, 11) is 1.77. The average Bonchev–Trinajstić information content (AvgIpc) is 3.03. The third-order valence-electron chi connectivity index (χ3n) is 6.88. The minimum atomic E-state index is -0.316. The highest BCUT2D eigenvalue weighted by Gasteiger charge is 2.27. The summed E-state index contributed by atoms with van der Waals surface area (Å²) < 4.78 is 20.3. The van der Waals surface area contributed by atoms with E-state index in [1.807, 2.05) is 32.6 Å². The Bertz CT molecular complexity index is 935. The third-order valence-corrected chi connectivity index (χ3v) is 6.88. The molecule has 0 unspecified atom stereocenters. The molecule has 2 heterocycles. The highest BCUT2D eigenvalue weighted by Crippen LogP contribution is 2.21. The molecule has 2 saturated heterocycles. The molecular weight excluding hydrogens is 525 g/mol. The number of hydrogen-bond donors (Lipinski definition) is 0. The maximum Gasteiger partial charge on any atom is 0.225 e. The monoisotopic (exact) mass is 583 g/mol. The molecule has 6 heteroatoms. The maximum absolute atomic E-state index is 14.9. The van der Waals surface area contributed by atoms with Gasteiger partial charge in [0.15, 0.2) is 0 Å². The summed E-state index contributed by atoms with van der Waals surface area (Å²) in [6, 6.07) is 8.88. The molecular formula is C36H58FN3O2. The van der Waals surface area contributed by atoms with Crippen molar-refractivity contribution in [3.05, 3.63) is 97.0 Å². The summed E-state index contributed by atoms with van der Waals surface area (Å²) in [5.41, 5.74) is 3.25. The summed E-state index contributed by atoms with van der Waals surface area (Å²) in [6.45, 7) is 26.0. The van der Waals surface area contributed by atoms with Crippen molar-refractivity contribution in [2.24, 2.45) is 5.92 Å². The quantitative estimate of drug-likeness (QED) is 0.210. The lowest BCUT2D eigenvalue weighted by Gasteiger charge is -2.33. The average molecular weight is 584 g/mol. The van der Waals surface area contributed by atoms with Crippen LogP contribution in [0.5, 0.6) is 0 Å². The van der Waals surface area contributed by atoms with Crippen LogP contribution in [-0.2, 0) is 22.4 Å². The summed E-state index contributed by atoms with van der Waals surface area (Å²) in [4.78, 5) is 19.0. The Balaban J connectivity index is 0.00000190. The molecule has 0 spiro atoms. The zero-order valence-corrected chi connectivity index (χ0v) is 27.4. The van der Waals surface area contributed by atoms with Gasteiger partial charge in [0.2, 0.25) is 5.91 Å². The molecule has 1 aromatic carbocycles. The number of likely N-dealkylation sites (tertiary alicyclic amines) is 1. The third kappa shape index (κ3) is 15.3. The SMILES string of the molecule is C=C/C=C(\C(F)=C/CN(C)C(=O)C1CCN(CCc2ccc(CC)cc2)CC1)N1CCOCC1.C=CC.C=CC.CC. The molecule has 2 fully saturated rings. The van der Waals surface area contributed by atoms with Crippen LogP contribution in [0.1, 0.15) is 58.6 Å². The maximum atomic E-state index is 14.9. The molecule has 236 valence electrons. The van der Waals surface area contributed by atoms with Crippen LogP contribution < -0.4 is 0 Å². The lowest BCUT2D eigenvalue weighted by atomic mass is 9.95. The summed E-state index contributed by atoms with van der Waals surface area (Å²) in [5.74, 6) is -0.188. The van der Waals surface area contributed by atoms with Gasteiger partial charge >= 0.3 is 0 Å². The van der Waals surface area contributed by atoms with E-state index in [2.05, 4.69) is 55.8 Å². The Morgan fingerprint density at radius 2 is 1.52 bits per heavy atom. The molecule has 0 saturated carbocycles. The zero-order valence-electron chi connectivity index (χ0n) is 27.4. The van der Waals surface area contributed by atoms with E-state index >= 15 is 0 Å². The predicted molar refractivity (Wildman–Crippen MR) is 179 cm³/mol. The topological polar surface area (TPSA) is 36.0 Å². The fraction of sp³-hybridized carbons (Fsp3) is 0.528. The van der Waals surface area contributed by atoms with Crippen LogP contribution in [-0.4, -0.2) is 80.1 Å². The minimum absolute atomic E-state index is 0.0176. The number of likely N-dealkylation sites (N-methyl/N-ethyl adjacent to an activating group) is 1. The van der Waals surface area contributed by atoms with Gasteiger partial charge in [-0.05, 0) is 75.9 Å². The summed E-state index contributed by atoms with van der Waals surface area (Å²) in [6.07, 6.45) is 12.1. The number of hydrogen-bond acceptors (Lipinski definition) is 4. The highest BCUT2D eigenvalue weighted by molar-refractivity contribution is 5.78. The number of amides is 1. The molecule has 2 aliphatic rings. The standard InChI is InChI=1S/C28H40FN3O2.2C3H6.C2H6/c1-4-6-27(32-19-21-34-22-20-32)26(29)14-15-30(3)28(33)25-12-17-31(18-13-25)16-11-24-9-7-23(5-2)8-10-24;2*1-3-2;1-2/h4,6-10,14,25H,1,5,11-13,15-22H2,2-3H3;2*3H,1H2,2H3;1-2H3/b26-14+,27-6+;;;. The van der Waals surface area contributed by atoms with Crippen LogP contribution in [0.3, 0.4) is 0 Å². The van der Waals surface area contributed by atoms with E-state index < -0.39 is 0 Å². The predicted octanol–water partition coefficient (Wildman–Crippen LogP) is 7.63. The van der Waals surface area contributed by atoms with Gasteiger partial charge in [0.05, 0.1) is 18.9 Å². The molecule has 0 atom stereocenters. The lowest BCUT2D eigenvalue weighted by molar-refractivity contribution is -0.135. The van der Waals surface area contributed by atoms with Crippen molar-refractivity contribution >= 4 is 5.91 Å². The molecule has 42 heavy (non-hydrogen) atoms. The van der Waals surface area contributed by atoms with E-state index in [4.69, 9.17) is 4.74 Å². The number of carbonyl (C=O) groups excluding carboxylic acids is 1. The fourth-order valence-corrected chi connectivity index (χ4v) is 4.61. The van der Waals surface area contributed by atoms with E-state index in [9.17, 15) is 9.18 Å². The molecule has 0 aromatic heterocycles. The van der Waals surface area contributed by atoms with E-state index in [1.165, 1.54) is 17.2 Å². The Morgan fingerprint density at radius 3 is 2.02 bits per heavy atom. The Morgan fingerprint density at radius 1 is 1.00 bits per heavy atom. The van der Waals surface area contributed by atoms with Crippen LogP contribution in [0, 0.1) is 5.92 Å². The minimum Gasteiger partial charge on any atom is -0.378 e. The molecule has 0 bridgehead atoms. The van der Waals surface area contributed by atoms with Crippen LogP contribution >= 0.6 is 0 Å². The van der Waals surface area contributed by atoms with Gasteiger partial charge in [-0.15, -0.1) is 13.2 Å². The number of piperidine rings is 1. The number of morpholine rings is 1. The van der Waals surface area contributed by atoms with Crippen molar-refractivity contribution in [1.82, 2.24) is 14.7 Å². The largest absolute Gasteiger partial charge is 0.378 e. The zero-order chi connectivity index (χ0) is 31.8. The normalized spacial score (nSPS) is 15.9.